The Labute approximate surface area is 129 Å². The van der Waals surface area contributed by atoms with Crippen LogP contribution in [-0.2, 0) is 0 Å². The van der Waals surface area contributed by atoms with Crippen molar-refractivity contribution in [1.29, 1.82) is 0 Å². The number of ether oxygens (including phenoxy) is 2. The molecule has 110 valence electrons. The molecule has 1 N–H and O–H groups in total. The molecule has 1 fully saturated rings. The number of piperidine rings is 1. The SMILES string of the molecule is CC(C)c1c(C2CCCNC2)cc(Br)c2c1OCCO2. The predicted octanol–water partition coefficient (Wildman–Crippen LogP) is 3.81. The zero-order chi connectivity index (χ0) is 14.1. The van der Waals surface area contributed by atoms with E-state index in [2.05, 4.69) is 41.2 Å². The number of hydrogen-bond donors (Lipinski definition) is 1. The highest BCUT2D eigenvalue weighted by molar-refractivity contribution is 9.10. The summed E-state index contributed by atoms with van der Waals surface area (Å²) in [6.45, 7) is 7.95. The maximum atomic E-state index is 5.95. The number of fused-ring (bicyclic) bond motifs is 1. The van der Waals surface area contributed by atoms with Crippen LogP contribution in [0.4, 0.5) is 0 Å². The molecule has 2 heterocycles. The normalized spacial score (nSPS) is 22.1. The fourth-order valence-electron chi connectivity index (χ4n) is 3.26. The summed E-state index contributed by atoms with van der Waals surface area (Å²) in [4.78, 5) is 0. The largest absolute Gasteiger partial charge is 0.486 e. The summed E-state index contributed by atoms with van der Waals surface area (Å²) in [6, 6.07) is 2.25. The average molecular weight is 340 g/mol. The molecule has 4 heteroatoms. The number of hydrogen-bond acceptors (Lipinski definition) is 3. The molecule has 20 heavy (non-hydrogen) atoms. The van der Waals surface area contributed by atoms with Crippen molar-refractivity contribution in [3.05, 3.63) is 21.7 Å². The number of halogens is 1. The maximum absolute atomic E-state index is 5.95. The molecular weight excluding hydrogens is 318 g/mol. The van der Waals surface area contributed by atoms with E-state index in [0.717, 1.165) is 29.1 Å². The summed E-state index contributed by atoms with van der Waals surface area (Å²) in [6.07, 6.45) is 2.49. The van der Waals surface area contributed by atoms with Crippen molar-refractivity contribution in [2.45, 2.75) is 38.5 Å². The van der Waals surface area contributed by atoms with Crippen LogP contribution in [0.1, 0.15) is 49.7 Å². The molecule has 0 bridgehead atoms. The second-order valence-corrected chi connectivity index (χ2v) is 6.77. The summed E-state index contributed by atoms with van der Waals surface area (Å²) >= 11 is 3.66. The van der Waals surface area contributed by atoms with Crippen LogP contribution >= 0.6 is 15.9 Å². The monoisotopic (exact) mass is 339 g/mol. The first-order chi connectivity index (χ1) is 9.68. The molecule has 1 unspecified atom stereocenters. The Hall–Kier alpha value is -0.740. The first-order valence-electron chi connectivity index (χ1n) is 7.51. The van der Waals surface area contributed by atoms with E-state index in [9.17, 15) is 0 Å². The molecular formula is C16H22BrNO2. The molecule has 1 saturated heterocycles. The van der Waals surface area contributed by atoms with Gasteiger partial charge in [0.05, 0.1) is 4.47 Å². The lowest BCUT2D eigenvalue weighted by Gasteiger charge is -2.31. The predicted molar refractivity (Wildman–Crippen MR) is 84.1 cm³/mol. The van der Waals surface area contributed by atoms with E-state index in [1.54, 1.807) is 0 Å². The molecule has 1 aromatic carbocycles. The lowest BCUT2D eigenvalue weighted by molar-refractivity contribution is 0.168. The summed E-state index contributed by atoms with van der Waals surface area (Å²) in [5.74, 6) is 2.86. The van der Waals surface area contributed by atoms with Crippen LogP contribution in [0.3, 0.4) is 0 Å². The van der Waals surface area contributed by atoms with Gasteiger partial charge in [-0.25, -0.2) is 0 Å². The third kappa shape index (κ3) is 2.56. The van der Waals surface area contributed by atoms with Gasteiger partial charge in [-0.1, -0.05) is 13.8 Å². The first-order valence-corrected chi connectivity index (χ1v) is 8.30. The lowest BCUT2D eigenvalue weighted by Crippen LogP contribution is -2.29. The smallest absolute Gasteiger partial charge is 0.175 e. The van der Waals surface area contributed by atoms with Gasteiger partial charge in [0, 0.05) is 12.1 Å². The van der Waals surface area contributed by atoms with Crippen LogP contribution in [0, 0.1) is 0 Å². The van der Waals surface area contributed by atoms with E-state index in [-0.39, 0.29) is 0 Å². The minimum Gasteiger partial charge on any atom is -0.486 e. The van der Waals surface area contributed by atoms with E-state index in [1.807, 2.05) is 0 Å². The van der Waals surface area contributed by atoms with Gasteiger partial charge < -0.3 is 14.8 Å². The molecule has 0 aromatic heterocycles. The van der Waals surface area contributed by atoms with Gasteiger partial charge in [0.15, 0.2) is 11.5 Å². The van der Waals surface area contributed by atoms with E-state index in [0.29, 0.717) is 25.0 Å². The summed E-state index contributed by atoms with van der Waals surface area (Å²) in [7, 11) is 0. The molecule has 2 aliphatic rings. The van der Waals surface area contributed by atoms with E-state index in [1.165, 1.54) is 24.0 Å². The molecule has 0 saturated carbocycles. The van der Waals surface area contributed by atoms with E-state index >= 15 is 0 Å². The van der Waals surface area contributed by atoms with Gasteiger partial charge in [0.2, 0.25) is 0 Å². The Bertz CT molecular complexity index is 496. The Morgan fingerprint density at radius 2 is 2.00 bits per heavy atom. The fourth-order valence-corrected chi connectivity index (χ4v) is 3.80. The molecule has 0 spiro atoms. The highest BCUT2D eigenvalue weighted by Gasteiger charge is 2.28. The fraction of sp³-hybridized carbons (Fsp3) is 0.625. The third-order valence-electron chi connectivity index (χ3n) is 4.15. The molecule has 0 amide bonds. The second-order valence-electron chi connectivity index (χ2n) is 5.91. The molecule has 0 radical (unpaired) electrons. The van der Waals surface area contributed by atoms with E-state index < -0.39 is 0 Å². The van der Waals surface area contributed by atoms with Gasteiger partial charge in [0.1, 0.15) is 13.2 Å². The topological polar surface area (TPSA) is 30.5 Å². The molecule has 1 aromatic rings. The highest BCUT2D eigenvalue weighted by Crippen LogP contribution is 2.47. The third-order valence-corrected chi connectivity index (χ3v) is 4.74. The molecule has 0 aliphatic carbocycles. The van der Waals surface area contributed by atoms with Crippen molar-refractivity contribution >= 4 is 15.9 Å². The Morgan fingerprint density at radius 3 is 2.65 bits per heavy atom. The van der Waals surface area contributed by atoms with Gasteiger partial charge >= 0.3 is 0 Å². The van der Waals surface area contributed by atoms with Crippen LogP contribution in [0.25, 0.3) is 0 Å². The standard InChI is InChI=1S/C16H22BrNO2/c1-10(2)14-12(11-4-3-5-18-9-11)8-13(17)15-16(14)20-7-6-19-15/h8,10-11,18H,3-7,9H2,1-2H3. The van der Waals surface area contributed by atoms with Crippen LogP contribution in [0.5, 0.6) is 11.5 Å². The van der Waals surface area contributed by atoms with Crippen LogP contribution in [-0.4, -0.2) is 26.3 Å². The first kappa shape index (κ1) is 14.2. The van der Waals surface area contributed by atoms with Gasteiger partial charge in [-0.15, -0.1) is 0 Å². The van der Waals surface area contributed by atoms with E-state index in [4.69, 9.17) is 9.47 Å². The Balaban J connectivity index is 2.10. The summed E-state index contributed by atoms with van der Waals surface area (Å²) < 4.78 is 12.8. The molecule has 3 rings (SSSR count). The van der Waals surface area contributed by atoms with Gasteiger partial charge in [-0.05, 0) is 58.8 Å². The van der Waals surface area contributed by atoms with Gasteiger partial charge in [-0.3, -0.25) is 0 Å². The minimum absolute atomic E-state index is 0.440. The zero-order valence-electron chi connectivity index (χ0n) is 12.2. The highest BCUT2D eigenvalue weighted by atomic mass is 79.9. The molecule has 3 nitrogen and oxygen atoms in total. The van der Waals surface area contributed by atoms with Crippen molar-refractivity contribution < 1.29 is 9.47 Å². The van der Waals surface area contributed by atoms with Crippen LogP contribution in [0.15, 0.2) is 10.5 Å². The van der Waals surface area contributed by atoms with Crippen molar-refractivity contribution in [1.82, 2.24) is 5.32 Å². The van der Waals surface area contributed by atoms with Crippen molar-refractivity contribution in [3.63, 3.8) is 0 Å². The van der Waals surface area contributed by atoms with Crippen molar-refractivity contribution in [2.24, 2.45) is 0 Å². The minimum atomic E-state index is 0.440. The van der Waals surface area contributed by atoms with Crippen LogP contribution < -0.4 is 14.8 Å². The summed E-state index contributed by atoms with van der Waals surface area (Å²) in [5.41, 5.74) is 2.75. The van der Waals surface area contributed by atoms with Gasteiger partial charge in [0.25, 0.3) is 0 Å². The summed E-state index contributed by atoms with van der Waals surface area (Å²) in [5, 5.41) is 3.51. The van der Waals surface area contributed by atoms with Crippen molar-refractivity contribution in [3.8, 4) is 11.5 Å². The van der Waals surface area contributed by atoms with Crippen molar-refractivity contribution in [2.75, 3.05) is 26.3 Å². The zero-order valence-corrected chi connectivity index (χ0v) is 13.8. The Morgan fingerprint density at radius 1 is 1.25 bits per heavy atom. The quantitative estimate of drug-likeness (QED) is 0.888. The molecule has 2 aliphatic heterocycles. The number of benzene rings is 1. The number of nitrogens with one attached hydrogen (secondary N) is 1. The van der Waals surface area contributed by atoms with Crippen LogP contribution in [0.2, 0.25) is 0 Å². The molecule has 1 atom stereocenters. The maximum Gasteiger partial charge on any atom is 0.175 e. The second kappa shape index (κ2) is 5.94. The Kier molecular flexibility index (Phi) is 4.22. The number of rotatable bonds is 2. The van der Waals surface area contributed by atoms with Gasteiger partial charge in [-0.2, -0.15) is 0 Å². The lowest BCUT2D eigenvalue weighted by atomic mass is 9.84. The average Bonchev–Trinajstić information content (AvgIpc) is 2.47.